The molecule has 2 aromatic carbocycles. The first-order chi connectivity index (χ1) is 12.6. The van der Waals surface area contributed by atoms with E-state index < -0.39 is 41.6 Å². The van der Waals surface area contributed by atoms with Gasteiger partial charge in [0.1, 0.15) is 17.7 Å². The average molecular weight is 383 g/mol. The number of halogens is 5. The number of carbonyl (C=O) groups excluding carboxylic acids is 2. The first-order valence-electron chi connectivity index (χ1n) is 7.78. The quantitative estimate of drug-likeness (QED) is 0.641. The Balaban J connectivity index is 1.79. The minimum Gasteiger partial charge on any atom is -0.296 e. The van der Waals surface area contributed by atoms with Gasteiger partial charge in [0.15, 0.2) is 0 Å². The van der Waals surface area contributed by atoms with Crippen molar-refractivity contribution in [1.29, 1.82) is 0 Å². The van der Waals surface area contributed by atoms with Gasteiger partial charge >= 0.3 is 12.1 Å². The Morgan fingerprint density at radius 2 is 1.59 bits per heavy atom. The van der Waals surface area contributed by atoms with Crippen LogP contribution in [-0.4, -0.2) is 35.7 Å². The Morgan fingerprint density at radius 1 is 0.926 bits per heavy atom. The second-order valence-corrected chi connectivity index (χ2v) is 6.16. The number of nitrogens with zero attached hydrogens (tertiary/aromatic N) is 2. The lowest BCUT2D eigenvalue weighted by Crippen LogP contribution is -2.49. The van der Waals surface area contributed by atoms with Crippen LogP contribution in [0.15, 0.2) is 47.6 Å². The van der Waals surface area contributed by atoms with Crippen LogP contribution < -0.4 is 10.3 Å². The van der Waals surface area contributed by atoms with Gasteiger partial charge in [-0.2, -0.15) is 27.1 Å². The number of hydrogen-bond donors (Lipinski definition) is 1. The molecule has 1 fully saturated rings. The summed E-state index contributed by atoms with van der Waals surface area (Å²) in [4.78, 5) is 26.0. The molecule has 2 aliphatic rings. The number of imide groups is 1. The summed E-state index contributed by atoms with van der Waals surface area (Å²) < 4.78 is 65.7. The summed E-state index contributed by atoms with van der Waals surface area (Å²) in [6, 6.07) is 9.81. The van der Waals surface area contributed by atoms with Crippen molar-refractivity contribution in [3.05, 3.63) is 42.5 Å². The number of anilines is 1. The number of fused-ring (bicyclic) bond motifs is 2. The molecule has 0 aromatic heterocycles. The van der Waals surface area contributed by atoms with Crippen molar-refractivity contribution in [3.8, 4) is 0 Å². The van der Waals surface area contributed by atoms with Gasteiger partial charge in [-0.05, 0) is 11.5 Å². The zero-order valence-corrected chi connectivity index (χ0v) is 13.3. The summed E-state index contributed by atoms with van der Waals surface area (Å²) in [5.41, 5.74) is 0.397. The fraction of sp³-hybridized carbons (Fsp3) is 0.235. The Labute approximate surface area is 148 Å². The van der Waals surface area contributed by atoms with Crippen LogP contribution >= 0.6 is 0 Å². The molecule has 2 aromatic rings. The molecule has 0 saturated carbocycles. The zero-order valence-electron chi connectivity index (χ0n) is 13.3. The van der Waals surface area contributed by atoms with Crippen molar-refractivity contribution in [2.24, 2.45) is 11.0 Å². The van der Waals surface area contributed by atoms with Gasteiger partial charge in [-0.1, -0.05) is 36.4 Å². The lowest BCUT2D eigenvalue weighted by Gasteiger charge is -2.22. The Kier molecular flexibility index (Phi) is 3.53. The molecule has 5 nitrogen and oxygen atoms in total. The first-order valence-corrected chi connectivity index (χ1v) is 7.78. The highest BCUT2D eigenvalue weighted by Gasteiger charge is 2.68. The van der Waals surface area contributed by atoms with Crippen LogP contribution in [0.25, 0.3) is 10.8 Å². The summed E-state index contributed by atoms with van der Waals surface area (Å²) in [6.45, 7) is 0. The van der Waals surface area contributed by atoms with Crippen molar-refractivity contribution in [2.75, 3.05) is 4.90 Å². The van der Waals surface area contributed by atoms with Gasteiger partial charge < -0.3 is 0 Å². The van der Waals surface area contributed by atoms with Crippen molar-refractivity contribution in [2.45, 2.75) is 18.1 Å². The molecule has 1 saturated heterocycles. The fourth-order valence-corrected chi connectivity index (χ4v) is 3.34. The largest absolute Gasteiger partial charge is 0.459 e. The van der Waals surface area contributed by atoms with Crippen molar-refractivity contribution >= 4 is 34.0 Å². The summed E-state index contributed by atoms with van der Waals surface area (Å²) in [5, 5.41) is 4.14. The molecule has 140 valence electrons. The van der Waals surface area contributed by atoms with E-state index in [1.807, 2.05) is 5.43 Å². The normalized spacial score (nSPS) is 22.9. The van der Waals surface area contributed by atoms with E-state index in [0.717, 1.165) is 0 Å². The molecule has 27 heavy (non-hydrogen) atoms. The predicted octanol–water partition coefficient (Wildman–Crippen LogP) is 2.85. The molecule has 10 heteroatoms. The van der Waals surface area contributed by atoms with Gasteiger partial charge in [-0.25, -0.2) is 4.90 Å². The minimum absolute atomic E-state index is 0.119. The van der Waals surface area contributed by atoms with Crippen LogP contribution in [0.5, 0.6) is 0 Å². The van der Waals surface area contributed by atoms with E-state index >= 15 is 0 Å². The smallest absolute Gasteiger partial charge is 0.296 e. The maximum Gasteiger partial charge on any atom is 0.459 e. The lowest BCUT2D eigenvalue weighted by molar-refractivity contribution is -0.250. The average Bonchev–Trinajstić information content (AvgIpc) is 3.15. The molecule has 0 radical (unpaired) electrons. The molecule has 2 heterocycles. The van der Waals surface area contributed by atoms with E-state index in [1.54, 1.807) is 36.4 Å². The fourth-order valence-electron chi connectivity index (χ4n) is 3.34. The predicted molar refractivity (Wildman–Crippen MR) is 85.3 cm³/mol. The van der Waals surface area contributed by atoms with Gasteiger partial charge in [0, 0.05) is 5.39 Å². The summed E-state index contributed by atoms with van der Waals surface area (Å²) in [5.74, 6) is -9.45. The maximum atomic E-state index is 13.8. The molecule has 0 aliphatic carbocycles. The second kappa shape index (κ2) is 5.48. The number of amides is 2. The molecular formula is C17H10F5N3O2. The maximum absolute atomic E-state index is 13.8. The third-order valence-corrected chi connectivity index (χ3v) is 4.61. The summed E-state index contributed by atoms with van der Waals surface area (Å²) in [7, 11) is 0. The zero-order chi connectivity index (χ0) is 19.6. The third kappa shape index (κ3) is 2.32. The molecule has 0 bridgehead atoms. The molecular weight excluding hydrogens is 373 g/mol. The minimum atomic E-state index is -5.93. The Morgan fingerprint density at radius 3 is 2.30 bits per heavy atom. The third-order valence-electron chi connectivity index (χ3n) is 4.61. The number of hydrazone groups is 1. The van der Waals surface area contributed by atoms with Crippen LogP contribution in [0.4, 0.5) is 27.6 Å². The number of carbonyl (C=O) groups is 2. The van der Waals surface area contributed by atoms with Crippen LogP contribution in [0, 0.1) is 5.92 Å². The van der Waals surface area contributed by atoms with E-state index in [1.165, 1.54) is 6.07 Å². The molecule has 0 spiro atoms. The molecule has 2 amide bonds. The number of rotatable bonds is 2. The number of benzene rings is 2. The van der Waals surface area contributed by atoms with E-state index in [-0.39, 0.29) is 5.69 Å². The Bertz CT molecular complexity index is 996. The number of nitrogens with one attached hydrogen (secondary N) is 1. The van der Waals surface area contributed by atoms with Gasteiger partial charge in [-0.15, -0.1) is 0 Å². The Hall–Kier alpha value is -3.04. The molecule has 4 rings (SSSR count). The highest BCUT2D eigenvalue weighted by molar-refractivity contribution is 6.33. The highest BCUT2D eigenvalue weighted by Crippen LogP contribution is 2.43. The van der Waals surface area contributed by atoms with Crippen LogP contribution in [0.1, 0.15) is 0 Å². The number of hydrogen-bond acceptors (Lipinski definition) is 4. The highest BCUT2D eigenvalue weighted by atomic mass is 19.4. The van der Waals surface area contributed by atoms with E-state index in [0.29, 0.717) is 15.7 Å². The van der Waals surface area contributed by atoms with Crippen molar-refractivity contribution < 1.29 is 31.5 Å². The molecule has 2 aliphatic heterocycles. The van der Waals surface area contributed by atoms with Gasteiger partial charge in [-0.3, -0.25) is 15.0 Å². The molecule has 1 N–H and O–H groups in total. The van der Waals surface area contributed by atoms with E-state index in [2.05, 4.69) is 5.10 Å². The van der Waals surface area contributed by atoms with Crippen LogP contribution in [-0.2, 0) is 9.59 Å². The van der Waals surface area contributed by atoms with Gasteiger partial charge in [0.25, 0.3) is 5.91 Å². The monoisotopic (exact) mass is 383 g/mol. The standard InChI is InChI=1S/C17H10F5N3O2/c18-16(19,17(20,21)22)13-11-12(23-24-13)15(27)25(14(11)26)10-7-3-5-8-4-1-2-6-9(8)10/h1-7,11-12,23H/t11-,12-/m1/s1. The van der Waals surface area contributed by atoms with E-state index in [9.17, 15) is 31.5 Å². The SMILES string of the molecule is O=C1[C@H]2C(C(F)(F)C(F)(F)F)=NN[C@H]2C(=O)N1c1cccc2ccccc12. The summed E-state index contributed by atoms with van der Waals surface area (Å²) in [6.07, 6.45) is -5.93. The van der Waals surface area contributed by atoms with Crippen molar-refractivity contribution in [1.82, 2.24) is 5.43 Å². The van der Waals surface area contributed by atoms with Crippen LogP contribution in [0.3, 0.4) is 0 Å². The first kappa shape index (κ1) is 17.4. The number of alkyl halides is 5. The molecule has 0 unspecified atom stereocenters. The second-order valence-electron chi connectivity index (χ2n) is 6.16. The van der Waals surface area contributed by atoms with Crippen molar-refractivity contribution in [3.63, 3.8) is 0 Å². The van der Waals surface area contributed by atoms with E-state index in [4.69, 9.17) is 0 Å². The van der Waals surface area contributed by atoms with Gasteiger partial charge in [0.05, 0.1) is 5.69 Å². The van der Waals surface area contributed by atoms with Crippen LogP contribution in [0.2, 0.25) is 0 Å². The summed E-state index contributed by atoms with van der Waals surface area (Å²) >= 11 is 0. The topological polar surface area (TPSA) is 61.8 Å². The lowest BCUT2D eigenvalue weighted by atomic mass is 9.94. The van der Waals surface area contributed by atoms with Gasteiger partial charge in [0.2, 0.25) is 5.91 Å². The molecule has 2 atom stereocenters.